The Morgan fingerprint density at radius 3 is 2.32 bits per heavy atom. The van der Waals surface area contributed by atoms with Crippen LogP contribution in [0.2, 0.25) is 5.02 Å². The Balaban J connectivity index is 2.47. The molecule has 0 aliphatic heterocycles. The molecule has 22 heavy (non-hydrogen) atoms. The SMILES string of the molecule is CC(C)(C)c1ccc(/C(=C/CO)c2ccc(Cl)c(=O)[nH]2)cc1. The summed E-state index contributed by atoms with van der Waals surface area (Å²) in [5.74, 6) is 0. The van der Waals surface area contributed by atoms with E-state index in [-0.39, 0.29) is 22.6 Å². The van der Waals surface area contributed by atoms with E-state index in [9.17, 15) is 9.90 Å². The largest absolute Gasteiger partial charge is 0.392 e. The Morgan fingerprint density at radius 2 is 1.82 bits per heavy atom. The number of hydrogen-bond acceptors (Lipinski definition) is 2. The predicted octanol–water partition coefficient (Wildman–Crippen LogP) is 3.75. The summed E-state index contributed by atoms with van der Waals surface area (Å²) in [4.78, 5) is 14.4. The van der Waals surface area contributed by atoms with Crippen LogP contribution in [-0.2, 0) is 5.41 Å². The van der Waals surface area contributed by atoms with E-state index in [1.165, 1.54) is 5.56 Å². The predicted molar refractivity (Wildman–Crippen MR) is 91.4 cm³/mol. The Morgan fingerprint density at radius 1 is 1.18 bits per heavy atom. The molecule has 2 N–H and O–H groups in total. The molecule has 0 spiro atoms. The van der Waals surface area contributed by atoms with Gasteiger partial charge in [0.2, 0.25) is 0 Å². The van der Waals surface area contributed by atoms with Crippen LogP contribution in [0, 0.1) is 0 Å². The third-order valence-corrected chi connectivity index (χ3v) is 3.81. The van der Waals surface area contributed by atoms with Gasteiger partial charge in [-0.2, -0.15) is 0 Å². The van der Waals surface area contributed by atoms with E-state index in [0.717, 1.165) is 11.1 Å². The minimum absolute atomic E-state index is 0.0774. The van der Waals surface area contributed by atoms with Crippen molar-refractivity contribution in [1.82, 2.24) is 4.98 Å². The van der Waals surface area contributed by atoms with Crippen LogP contribution in [0.3, 0.4) is 0 Å². The molecule has 0 unspecified atom stereocenters. The summed E-state index contributed by atoms with van der Waals surface area (Å²) in [6.45, 7) is 6.36. The smallest absolute Gasteiger partial charge is 0.267 e. The van der Waals surface area contributed by atoms with E-state index in [1.54, 1.807) is 18.2 Å². The number of hydrogen-bond donors (Lipinski definition) is 2. The van der Waals surface area contributed by atoms with Gasteiger partial charge in [0.25, 0.3) is 5.56 Å². The van der Waals surface area contributed by atoms with E-state index < -0.39 is 0 Å². The Labute approximate surface area is 135 Å². The van der Waals surface area contributed by atoms with Crippen molar-refractivity contribution in [3.8, 4) is 0 Å². The number of aromatic amines is 1. The van der Waals surface area contributed by atoms with Crippen molar-refractivity contribution in [2.24, 2.45) is 0 Å². The molecule has 0 bridgehead atoms. The highest BCUT2D eigenvalue weighted by atomic mass is 35.5. The molecule has 0 saturated carbocycles. The molecule has 0 atom stereocenters. The van der Waals surface area contributed by atoms with Gasteiger partial charge in [-0.25, -0.2) is 0 Å². The summed E-state index contributed by atoms with van der Waals surface area (Å²) in [7, 11) is 0. The van der Waals surface area contributed by atoms with Crippen LogP contribution < -0.4 is 5.56 Å². The highest BCUT2D eigenvalue weighted by Gasteiger charge is 2.14. The van der Waals surface area contributed by atoms with Crippen LogP contribution >= 0.6 is 11.6 Å². The Hall–Kier alpha value is -1.84. The van der Waals surface area contributed by atoms with Crippen molar-refractivity contribution in [2.45, 2.75) is 26.2 Å². The van der Waals surface area contributed by atoms with Crippen molar-refractivity contribution in [2.75, 3.05) is 6.61 Å². The molecule has 0 aliphatic rings. The number of pyridine rings is 1. The average Bonchev–Trinajstić information content (AvgIpc) is 2.47. The zero-order chi connectivity index (χ0) is 16.3. The first-order valence-corrected chi connectivity index (χ1v) is 7.52. The Kier molecular flexibility index (Phi) is 4.89. The van der Waals surface area contributed by atoms with Gasteiger partial charge in [0.1, 0.15) is 5.02 Å². The molecule has 116 valence electrons. The van der Waals surface area contributed by atoms with Gasteiger partial charge < -0.3 is 10.1 Å². The van der Waals surface area contributed by atoms with E-state index in [0.29, 0.717) is 5.69 Å². The van der Waals surface area contributed by atoms with Crippen LogP contribution in [0.5, 0.6) is 0 Å². The van der Waals surface area contributed by atoms with Gasteiger partial charge in [0, 0.05) is 11.3 Å². The molecule has 0 amide bonds. The molecular weight excluding hydrogens is 298 g/mol. The maximum absolute atomic E-state index is 11.7. The van der Waals surface area contributed by atoms with Crippen molar-refractivity contribution in [1.29, 1.82) is 0 Å². The van der Waals surface area contributed by atoms with Crippen molar-refractivity contribution >= 4 is 17.2 Å². The van der Waals surface area contributed by atoms with Gasteiger partial charge in [-0.15, -0.1) is 0 Å². The second-order valence-electron chi connectivity index (χ2n) is 6.18. The van der Waals surface area contributed by atoms with Gasteiger partial charge in [-0.3, -0.25) is 4.79 Å². The maximum Gasteiger partial charge on any atom is 0.267 e. The normalized spacial score (nSPS) is 12.5. The lowest BCUT2D eigenvalue weighted by Gasteiger charge is -2.19. The van der Waals surface area contributed by atoms with Gasteiger partial charge in [-0.1, -0.05) is 56.6 Å². The molecule has 0 radical (unpaired) electrons. The molecule has 0 aliphatic carbocycles. The lowest BCUT2D eigenvalue weighted by Crippen LogP contribution is -2.11. The van der Waals surface area contributed by atoms with Crippen molar-refractivity contribution in [3.05, 3.63) is 74.7 Å². The minimum atomic E-state index is -0.339. The molecule has 4 heteroatoms. The molecular formula is C18H20ClNO2. The molecule has 2 rings (SSSR count). The molecule has 1 aromatic heterocycles. The monoisotopic (exact) mass is 317 g/mol. The molecule has 1 heterocycles. The molecule has 1 aromatic carbocycles. The van der Waals surface area contributed by atoms with E-state index in [2.05, 4.69) is 37.9 Å². The number of nitrogens with one attached hydrogen (secondary N) is 1. The Bertz CT molecular complexity index is 737. The molecule has 0 fully saturated rings. The van der Waals surface area contributed by atoms with Crippen LogP contribution in [0.25, 0.3) is 5.57 Å². The topological polar surface area (TPSA) is 53.1 Å². The summed E-state index contributed by atoms with van der Waals surface area (Å²) < 4.78 is 0. The zero-order valence-electron chi connectivity index (χ0n) is 13.0. The summed E-state index contributed by atoms with van der Waals surface area (Å²) in [6, 6.07) is 11.4. The standard InChI is InChI=1S/C18H20ClNO2/c1-18(2,3)13-6-4-12(5-7-13)14(10-11-21)16-9-8-15(19)17(22)20-16/h4-10,21H,11H2,1-3H3,(H,20,22)/b14-10-. The van der Waals surface area contributed by atoms with Crippen molar-refractivity contribution < 1.29 is 5.11 Å². The number of rotatable bonds is 3. The fourth-order valence-electron chi connectivity index (χ4n) is 2.24. The van der Waals surface area contributed by atoms with Crippen LogP contribution in [0.15, 0.2) is 47.3 Å². The van der Waals surface area contributed by atoms with Crippen LogP contribution in [0.4, 0.5) is 0 Å². The fourth-order valence-corrected chi connectivity index (χ4v) is 2.35. The van der Waals surface area contributed by atoms with Gasteiger partial charge >= 0.3 is 0 Å². The van der Waals surface area contributed by atoms with Gasteiger partial charge in [0.15, 0.2) is 0 Å². The number of aromatic nitrogens is 1. The lowest BCUT2D eigenvalue weighted by molar-refractivity contribution is 0.343. The highest BCUT2D eigenvalue weighted by Crippen LogP contribution is 2.26. The number of benzene rings is 1. The number of halogens is 1. The summed E-state index contributed by atoms with van der Waals surface area (Å²) >= 11 is 5.77. The second-order valence-corrected chi connectivity index (χ2v) is 6.58. The number of H-pyrrole nitrogens is 1. The highest BCUT2D eigenvalue weighted by molar-refractivity contribution is 6.30. The third kappa shape index (κ3) is 3.67. The van der Waals surface area contributed by atoms with E-state index >= 15 is 0 Å². The average molecular weight is 318 g/mol. The second kappa shape index (κ2) is 6.51. The number of aliphatic hydroxyl groups is 1. The maximum atomic E-state index is 11.7. The number of aliphatic hydroxyl groups excluding tert-OH is 1. The van der Waals surface area contributed by atoms with Crippen molar-refractivity contribution in [3.63, 3.8) is 0 Å². The zero-order valence-corrected chi connectivity index (χ0v) is 13.7. The fraction of sp³-hybridized carbons (Fsp3) is 0.278. The first-order valence-electron chi connectivity index (χ1n) is 7.14. The first-order chi connectivity index (χ1) is 10.3. The molecule has 0 saturated heterocycles. The van der Waals surface area contributed by atoms with Gasteiger partial charge in [-0.05, 0) is 34.8 Å². The first kappa shape index (κ1) is 16.5. The summed E-state index contributed by atoms with van der Waals surface area (Å²) in [5, 5.41) is 9.42. The summed E-state index contributed by atoms with van der Waals surface area (Å²) in [5.41, 5.74) is 3.30. The lowest BCUT2D eigenvalue weighted by atomic mass is 9.86. The summed E-state index contributed by atoms with van der Waals surface area (Å²) in [6.07, 6.45) is 1.67. The van der Waals surface area contributed by atoms with E-state index in [4.69, 9.17) is 11.6 Å². The molecule has 3 nitrogen and oxygen atoms in total. The van der Waals surface area contributed by atoms with Gasteiger partial charge in [0.05, 0.1) is 6.61 Å². The minimum Gasteiger partial charge on any atom is -0.392 e. The quantitative estimate of drug-likeness (QED) is 0.906. The third-order valence-electron chi connectivity index (χ3n) is 3.51. The molecule has 2 aromatic rings. The van der Waals surface area contributed by atoms with E-state index in [1.807, 2.05) is 12.1 Å². The van der Waals surface area contributed by atoms with Crippen LogP contribution in [0.1, 0.15) is 37.6 Å². The van der Waals surface area contributed by atoms with Crippen LogP contribution in [-0.4, -0.2) is 16.7 Å².